The number of unbranched alkanes of at least 4 members (excludes halogenated alkanes) is 6. The lowest BCUT2D eigenvalue weighted by Crippen LogP contribution is -1.98. The summed E-state index contributed by atoms with van der Waals surface area (Å²) in [5.74, 6) is -0.741. The fourth-order valence-electron chi connectivity index (χ4n) is 1.85. The highest BCUT2D eigenvalue weighted by Crippen LogP contribution is 2.12. The molecule has 0 aliphatic heterocycles. The van der Waals surface area contributed by atoms with Gasteiger partial charge in [0, 0.05) is 12.8 Å². The molecule has 0 atom stereocenters. The number of hydrogen-bond acceptors (Lipinski definition) is 3. The Bertz CT molecular complexity index is 300. The first-order chi connectivity index (χ1) is 9.07. The summed E-state index contributed by atoms with van der Waals surface area (Å²) in [5.41, 5.74) is 0.340. The first-order valence-electron chi connectivity index (χ1n) is 7.13. The summed E-state index contributed by atoms with van der Waals surface area (Å²) in [4.78, 5) is 20.8. The SMILES string of the molecule is CCCCC(=CCCCCCCCC(=O)O)[N+](=O)[O-]. The highest BCUT2D eigenvalue weighted by Gasteiger charge is 2.08. The van der Waals surface area contributed by atoms with Crippen LogP contribution in [0.25, 0.3) is 0 Å². The monoisotopic (exact) mass is 271 g/mol. The summed E-state index contributed by atoms with van der Waals surface area (Å²) in [7, 11) is 0. The molecule has 5 heteroatoms. The van der Waals surface area contributed by atoms with Gasteiger partial charge in [0.15, 0.2) is 0 Å². The van der Waals surface area contributed by atoms with Crippen LogP contribution in [0.5, 0.6) is 0 Å². The molecular formula is C14H25NO4. The molecule has 0 bridgehead atoms. The van der Waals surface area contributed by atoms with Crippen molar-refractivity contribution in [2.24, 2.45) is 0 Å². The lowest BCUT2D eigenvalue weighted by atomic mass is 10.1. The van der Waals surface area contributed by atoms with E-state index in [1.165, 1.54) is 0 Å². The Balaban J connectivity index is 3.63. The lowest BCUT2D eigenvalue weighted by Gasteiger charge is -2.00. The second-order valence-corrected chi connectivity index (χ2v) is 4.76. The van der Waals surface area contributed by atoms with Crippen LogP contribution in [0.2, 0.25) is 0 Å². The predicted molar refractivity (Wildman–Crippen MR) is 74.6 cm³/mol. The Morgan fingerprint density at radius 2 is 1.74 bits per heavy atom. The number of carboxylic acid groups (broad SMARTS) is 1. The van der Waals surface area contributed by atoms with Crippen molar-refractivity contribution in [3.8, 4) is 0 Å². The van der Waals surface area contributed by atoms with Gasteiger partial charge in [-0.25, -0.2) is 0 Å². The maximum Gasteiger partial charge on any atom is 0.303 e. The van der Waals surface area contributed by atoms with Gasteiger partial charge in [-0.1, -0.05) is 32.6 Å². The minimum Gasteiger partial charge on any atom is -0.481 e. The van der Waals surface area contributed by atoms with E-state index < -0.39 is 5.97 Å². The second-order valence-electron chi connectivity index (χ2n) is 4.76. The first kappa shape index (κ1) is 17.6. The molecule has 0 aromatic carbocycles. The van der Waals surface area contributed by atoms with E-state index >= 15 is 0 Å². The minimum absolute atomic E-state index is 0.238. The maximum absolute atomic E-state index is 10.8. The van der Waals surface area contributed by atoms with Crippen molar-refractivity contribution in [3.63, 3.8) is 0 Å². The molecule has 0 amide bonds. The fourth-order valence-corrected chi connectivity index (χ4v) is 1.85. The fraction of sp³-hybridized carbons (Fsp3) is 0.786. The number of hydrogen-bond donors (Lipinski definition) is 1. The van der Waals surface area contributed by atoms with Gasteiger partial charge in [0.1, 0.15) is 0 Å². The van der Waals surface area contributed by atoms with Crippen molar-refractivity contribution in [2.45, 2.75) is 71.1 Å². The Labute approximate surface area is 114 Å². The van der Waals surface area contributed by atoms with Gasteiger partial charge in [0.05, 0.1) is 4.92 Å². The summed E-state index contributed by atoms with van der Waals surface area (Å²) in [5, 5.41) is 19.2. The molecule has 0 aromatic heterocycles. The summed E-state index contributed by atoms with van der Waals surface area (Å²) in [6, 6.07) is 0. The average molecular weight is 271 g/mol. The maximum atomic E-state index is 10.8. The second kappa shape index (κ2) is 11.7. The normalized spacial score (nSPS) is 11.5. The molecule has 0 saturated heterocycles. The lowest BCUT2D eigenvalue weighted by molar-refractivity contribution is -0.428. The van der Waals surface area contributed by atoms with Crippen molar-refractivity contribution >= 4 is 5.97 Å². The van der Waals surface area contributed by atoms with E-state index in [4.69, 9.17) is 5.11 Å². The third-order valence-corrected chi connectivity index (χ3v) is 3.00. The van der Waals surface area contributed by atoms with E-state index in [0.29, 0.717) is 12.1 Å². The minimum atomic E-state index is -0.741. The topological polar surface area (TPSA) is 80.4 Å². The van der Waals surface area contributed by atoms with Crippen LogP contribution in [0.15, 0.2) is 11.8 Å². The Kier molecular flexibility index (Phi) is 10.8. The van der Waals surface area contributed by atoms with Crippen LogP contribution < -0.4 is 0 Å². The number of allylic oxidation sites excluding steroid dienone is 2. The van der Waals surface area contributed by atoms with Crippen LogP contribution in [-0.4, -0.2) is 16.0 Å². The molecule has 0 aliphatic rings. The largest absolute Gasteiger partial charge is 0.481 e. The van der Waals surface area contributed by atoms with E-state index in [0.717, 1.165) is 51.4 Å². The van der Waals surface area contributed by atoms with Gasteiger partial charge in [-0.15, -0.1) is 0 Å². The van der Waals surface area contributed by atoms with Gasteiger partial charge in [0.25, 0.3) is 0 Å². The molecular weight excluding hydrogens is 246 g/mol. The van der Waals surface area contributed by atoms with Gasteiger partial charge >= 0.3 is 5.97 Å². The van der Waals surface area contributed by atoms with Crippen molar-refractivity contribution in [1.29, 1.82) is 0 Å². The zero-order valence-corrected chi connectivity index (χ0v) is 11.8. The van der Waals surface area contributed by atoms with Crippen LogP contribution in [0.3, 0.4) is 0 Å². The van der Waals surface area contributed by atoms with Crippen LogP contribution in [0.4, 0.5) is 0 Å². The summed E-state index contributed by atoms with van der Waals surface area (Å²) in [6.07, 6.45) is 9.72. The molecule has 0 aromatic rings. The number of rotatable bonds is 12. The number of aliphatic carboxylic acids is 1. The summed E-state index contributed by atoms with van der Waals surface area (Å²) < 4.78 is 0. The third-order valence-electron chi connectivity index (χ3n) is 3.00. The number of nitrogens with zero attached hydrogens (tertiary/aromatic N) is 1. The molecule has 0 unspecified atom stereocenters. The van der Waals surface area contributed by atoms with Crippen LogP contribution in [0.1, 0.15) is 71.1 Å². The molecule has 110 valence electrons. The Hall–Kier alpha value is -1.39. The van der Waals surface area contributed by atoms with E-state index in [1.54, 1.807) is 6.08 Å². The first-order valence-corrected chi connectivity index (χ1v) is 7.13. The van der Waals surface area contributed by atoms with Crippen molar-refractivity contribution in [3.05, 3.63) is 21.9 Å². The number of carboxylic acids is 1. The van der Waals surface area contributed by atoms with E-state index in [1.807, 2.05) is 6.92 Å². The molecule has 19 heavy (non-hydrogen) atoms. The van der Waals surface area contributed by atoms with Gasteiger partial charge < -0.3 is 5.11 Å². The molecule has 0 fully saturated rings. The van der Waals surface area contributed by atoms with Crippen molar-refractivity contribution < 1.29 is 14.8 Å². The Morgan fingerprint density at radius 3 is 2.32 bits per heavy atom. The van der Waals surface area contributed by atoms with Gasteiger partial charge in [-0.05, 0) is 31.8 Å². The average Bonchev–Trinajstić information content (AvgIpc) is 2.35. The number of carbonyl (C=O) groups is 1. The molecule has 0 radical (unpaired) electrons. The summed E-state index contributed by atoms with van der Waals surface area (Å²) >= 11 is 0. The molecule has 0 heterocycles. The molecule has 0 spiro atoms. The molecule has 5 nitrogen and oxygen atoms in total. The van der Waals surface area contributed by atoms with Gasteiger partial charge in [-0.3, -0.25) is 14.9 Å². The van der Waals surface area contributed by atoms with E-state index in [-0.39, 0.29) is 11.3 Å². The molecule has 1 N–H and O–H groups in total. The van der Waals surface area contributed by atoms with Crippen LogP contribution in [0, 0.1) is 10.1 Å². The van der Waals surface area contributed by atoms with Crippen molar-refractivity contribution in [1.82, 2.24) is 0 Å². The highest BCUT2D eigenvalue weighted by molar-refractivity contribution is 5.66. The smallest absolute Gasteiger partial charge is 0.303 e. The van der Waals surface area contributed by atoms with Gasteiger partial charge in [0.2, 0.25) is 5.70 Å². The summed E-state index contributed by atoms with van der Waals surface area (Å²) in [6.45, 7) is 2.02. The standard InChI is InChI=1S/C14H25NO4/c1-2-3-10-13(15(18)19)11-8-6-4-5-7-9-12-14(16)17/h11H,2-10,12H2,1H3,(H,16,17). The van der Waals surface area contributed by atoms with Crippen LogP contribution in [-0.2, 0) is 4.79 Å². The highest BCUT2D eigenvalue weighted by atomic mass is 16.6. The zero-order chi connectivity index (χ0) is 14.5. The number of nitro groups is 1. The van der Waals surface area contributed by atoms with Crippen molar-refractivity contribution in [2.75, 3.05) is 0 Å². The quantitative estimate of drug-likeness (QED) is 0.328. The molecule has 0 saturated carbocycles. The van der Waals surface area contributed by atoms with E-state index in [2.05, 4.69) is 0 Å². The van der Waals surface area contributed by atoms with Crippen LogP contribution >= 0.6 is 0 Å². The van der Waals surface area contributed by atoms with Gasteiger partial charge in [-0.2, -0.15) is 0 Å². The Morgan fingerprint density at radius 1 is 1.11 bits per heavy atom. The molecule has 0 aliphatic carbocycles. The predicted octanol–water partition coefficient (Wildman–Crippen LogP) is 4.15. The zero-order valence-electron chi connectivity index (χ0n) is 11.8. The molecule has 0 rings (SSSR count). The van der Waals surface area contributed by atoms with E-state index in [9.17, 15) is 14.9 Å². The third kappa shape index (κ3) is 11.4.